The molecule has 0 amide bonds. The second kappa shape index (κ2) is 17.0. The van der Waals surface area contributed by atoms with Gasteiger partial charge in [0.1, 0.15) is 61.0 Å². The van der Waals surface area contributed by atoms with Crippen LogP contribution in [0.15, 0.2) is 11.6 Å². The fraction of sp³-hybridized carbons (Fsp3) is 0.938. The Balaban J connectivity index is 1.09. The first-order valence-corrected chi connectivity index (χ1v) is 24.0. The van der Waals surface area contributed by atoms with Crippen LogP contribution in [0.2, 0.25) is 0 Å². The molecule has 16 heteroatoms. The quantitative estimate of drug-likeness (QED) is 0.125. The van der Waals surface area contributed by atoms with E-state index in [-0.39, 0.29) is 33.5 Å². The van der Waals surface area contributed by atoms with E-state index in [9.17, 15) is 50.8 Å². The molecular formula is C48H78O16. The zero-order valence-electron chi connectivity index (χ0n) is 39.2. The summed E-state index contributed by atoms with van der Waals surface area (Å²) >= 11 is 0. The topological polar surface area (TPSA) is 255 Å². The van der Waals surface area contributed by atoms with Gasteiger partial charge in [-0.1, -0.05) is 60.1 Å². The molecule has 64 heavy (non-hydrogen) atoms. The number of hydrogen-bond donors (Lipinski definition) is 9. The average molecular weight is 911 g/mol. The van der Waals surface area contributed by atoms with Crippen molar-refractivity contribution in [3.63, 3.8) is 0 Å². The predicted octanol–water partition coefficient (Wildman–Crippen LogP) is 2.76. The molecule has 0 bridgehead atoms. The van der Waals surface area contributed by atoms with Gasteiger partial charge in [0.2, 0.25) is 0 Å². The summed E-state index contributed by atoms with van der Waals surface area (Å²) in [4.78, 5) is 13.2. The van der Waals surface area contributed by atoms with Gasteiger partial charge < -0.3 is 74.4 Å². The molecule has 0 aromatic rings. The van der Waals surface area contributed by atoms with E-state index in [2.05, 4.69) is 54.5 Å². The maximum absolute atomic E-state index is 13.2. The van der Waals surface area contributed by atoms with Crippen molar-refractivity contribution in [3.8, 4) is 0 Å². The van der Waals surface area contributed by atoms with Gasteiger partial charge in [-0.2, -0.15) is 0 Å². The molecular weight excluding hydrogens is 833 g/mol. The molecule has 23 atom stereocenters. The largest absolute Gasteiger partial charge is 0.481 e. The zero-order chi connectivity index (χ0) is 46.9. The van der Waals surface area contributed by atoms with E-state index in [4.69, 9.17) is 28.4 Å². The summed E-state index contributed by atoms with van der Waals surface area (Å²) in [5, 5.41) is 97.4. The Kier molecular flexibility index (Phi) is 13.0. The Bertz CT molecular complexity index is 1760. The molecule has 4 saturated carbocycles. The van der Waals surface area contributed by atoms with Gasteiger partial charge in [0.15, 0.2) is 18.9 Å². The van der Waals surface area contributed by atoms with Crippen molar-refractivity contribution in [2.75, 3.05) is 6.61 Å². The van der Waals surface area contributed by atoms with Crippen LogP contribution < -0.4 is 0 Å². The molecule has 8 aliphatic rings. The molecule has 8 rings (SSSR count). The van der Waals surface area contributed by atoms with Crippen LogP contribution in [0, 0.1) is 50.2 Å². The Labute approximate surface area is 377 Å². The van der Waals surface area contributed by atoms with Crippen LogP contribution in [0.25, 0.3) is 0 Å². The minimum absolute atomic E-state index is 0.0146. The lowest BCUT2D eigenvalue weighted by molar-refractivity contribution is -0.397. The van der Waals surface area contributed by atoms with Crippen molar-refractivity contribution in [2.45, 2.75) is 225 Å². The van der Waals surface area contributed by atoms with Crippen molar-refractivity contribution < 1.29 is 79.2 Å². The smallest absolute Gasteiger partial charge is 0.310 e. The van der Waals surface area contributed by atoms with Crippen molar-refractivity contribution in [3.05, 3.63) is 11.6 Å². The molecule has 0 radical (unpaired) electrons. The molecule has 3 aliphatic heterocycles. The number of aliphatic hydroxyl groups excluding tert-OH is 8. The van der Waals surface area contributed by atoms with E-state index >= 15 is 0 Å². The first-order chi connectivity index (χ1) is 29.8. The number of carbonyl (C=O) groups is 1. The molecule has 9 N–H and O–H groups in total. The summed E-state index contributed by atoms with van der Waals surface area (Å²) in [6, 6.07) is 0. The van der Waals surface area contributed by atoms with Crippen LogP contribution >= 0.6 is 0 Å². The molecule has 0 aromatic carbocycles. The van der Waals surface area contributed by atoms with Gasteiger partial charge in [-0.15, -0.1) is 0 Å². The molecule has 3 heterocycles. The number of allylic oxidation sites excluding steroid dienone is 2. The van der Waals surface area contributed by atoms with E-state index in [1.807, 2.05) is 0 Å². The van der Waals surface area contributed by atoms with Crippen LogP contribution in [0.4, 0.5) is 0 Å². The Morgan fingerprint density at radius 2 is 1.23 bits per heavy atom. The molecule has 0 spiro atoms. The number of rotatable bonds is 8. The van der Waals surface area contributed by atoms with Crippen LogP contribution in [0.5, 0.6) is 0 Å². The minimum Gasteiger partial charge on any atom is -0.481 e. The van der Waals surface area contributed by atoms with Gasteiger partial charge in [0.25, 0.3) is 0 Å². The van der Waals surface area contributed by atoms with E-state index in [0.717, 1.165) is 44.9 Å². The van der Waals surface area contributed by atoms with Crippen LogP contribution in [0.3, 0.4) is 0 Å². The lowest BCUT2D eigenvalue weighted by atomic mass is 9.33. The van der Waals surface area contributed by atoms with Crippen molar-refractivity contribution >= 4 is 5.97 Å². The molecule has 3 saturated heterocycles. The highest BCUT2D eigenvalue weighted by molar-refractivity contribution is 5.76. The summed E-state index contributed by atoms with van der Waals surface area (Å²) in [6.45, 7) is 18.7. The monoisotopic (exact) mass is 911 g/mol. The Hall–Kier alpha value is -1.35. The maximum atomic E-state index is 13.2. The summed E-state index contributed by atoms with van der Waals surface area (Å²) in [6.07, 6.45) is -11.9. The highest BCUT2D eigenvalue weighted by atomic mass is 16.8. The van der Waals surface area contributed by atoms with E-state index in [1.165, 1.54) is 19.4 Å². The summed E-state index contributed by atoms with van der Waals surface area (Å²) < 4.78 is 37.5. The van der Waals surface area contributed by atoms with E-state index in [0.29, 0.717) is 25.2 Å². The first-order valence-electron chi connectivity index (χ1n) is 24.0. The van der Waals surface area contributed by atoms with E-state index < -0.39 is 122 Å². The Morgan fingerprint density at radius 3 is 1.81 bits per heavy atom. The molecule has 0 unspecified atom stereocenters. The minimum atomic E-state index is -1.76. The SMILES string of the molecule is C[C@@H]1O[C@@H](O[C@H]2[C@H](O[C@H]3CC[C@]4(C)[C@H]5CC=C6[C@@H]7CC(C)(C)CC[C@]7(C(=O)O)CC[C@@]6(C)[C@]5(C)CC[C@H]4C3(C)C)O[C@H](CO)[C@@H](O)[C@@H]2O[C@@H]2O[C@@H](C)[C@H](O)[C@@H](O)[C@H]2O)[C@H](O)[C@H](O)[C@H]1O. The standard InChI is InChI=1S/C48H78O16/c1-22-30(50)33(53)35(55)39(59-22)63-37-32(52)26(21-49)61-41(38(37)64-40-36(56)34(54)31(51)23(2)60-40)62-29-13-14-45(7)27(44(29,5)6)12-15-47(9)28(45)11-10-24-25-20-43(3,4)16-18-48(25,42(57)58)19-17-46(24,47)8/h10,22-23,25-41,49-56H,11-21H2,1-9H3,(H,57,58)/t22-,23-,25-,26+,27-,28+,29-,30-,31-,32+,33+,34+,35+,36+,37-,38+,39-,40-,41-,45-,46+,47+,48-/m0/s1. The van der Waals surface area contributed by atoms with Gasteiger partial charge >= 0.3 is 5.97 Å². The van der Waals surface area contributed by atoms with Crippen molar-refractivity contribution in [1.82, 2.24) is 0 Å². The number of fused-ring (bicyclic) bond motifs is 7. The van der Waals surface area contributed by atoms with Crippen LogP contribution in [-0.2, 0) is 33.2 Å². The molecule has 7 fully saturated rings. The highest BCUT2D eigenvalue weighted by Crippen LogP contribution is 2.76. The van der Waals surface area contributed by atoms with Gasteiger partial charge in [0.05, 0.1) is 30.3 Å². The maximum Gasteiger partial charge on any atom is 0.310 e. The van der Waals surface area contributed by atoms with Gasteiger partial charge in [-0.05, 0) is 123 Å². The Morgan fingerprint density at radius 1 is 0.656 bits per heavy atom. The number of carboxylic acid groups (broad SMARTS) is 1. The fourth-order valence-electron chi connectivity index (χ4n) is 15.0. The van der Waals surface area contributed by atoms with Crippen molar-refractivity contribution in [1.29, 1.82) is 0 Å². The number of ether oxygens (including phenoxy) is 6. The van der Waals surface area contributed by atoms with Crippen LogP contribution in [-0.4, -0.2) is 157 Å². The van der Waals surface area contributed by atoms with Crippen LogP contribution in [0.1, 0.15) is 127 Å². The molecule has 0 aromatic heterocycles. The third kappa shape index (κ3) is 7.50. The van der Waals surface area contributed by atoms with E-state index in [1.54, 1.807) is 0 Å². The second-order valence-electron chi connectivity index (χ2n) is 23.4. The number of aliphatic hydroxyl groups is 8. The third-order valence-electron chi connectivity index (χ3n) is 19.3. The lowest BCUT2D eigenvalue weighted by Gasteiger charge is -2.71. The number of carboxylic acids is 1. The lowest BCUT2D eigenvalue weighted by Crippen LogP contribution is -2.68. The summed E-state index contributed by atoms with van der Waals surface area (Å²) in [5.74, 6) is -0.128. The first kappa shape index (κ1) is 49.1. The third-order valence-corrected chi connectivity index (χ3v) is 19.3. The van der Waals surface area contributed by atoms with Gasteiger partial charge in [0, 0.05) is 0 Å². The van der Waals surface area contributed by atoms with Gasteiger partial charge in [-0.25, -0.2) is 0 Å². The summed E-state index contributed by atoms with van der Waals surface area (Å²) in [7, 11) is 0. The fourth-order valence-corrected chi connectivity index (χ4v) is 15.0. The molecule has 16 nitrogen and oxygen atoms in total. The molecule has 5 aliphatic carbocycles. The average Bonchev–Trinajstić information content (AvgIpc) is 3.22. The normalized spacial score (nSPS) is 54.6. The number of aliphatic carboxylic acids is 1. The highest BCUT2D eigenvalue weighted by Gasteiger charge is 2.70. The second-order valence-corrected chi connectivity index (χ2v) is 23.4. The van der Waals surface area contributed by atoms with Crippen molar-refractivity contribution in [2.24, 2.45) is 50.2 Å². The zero-order valence-corrected chi connectivity index (χ0v) is 39.2. The predicted molar refractivity (Wildman–Crippen MR) is 228 cm³/mol. The van der Waals surface area contributed by atoms with Gasteiger partial charge in [-0.3, -0.25) is 4.79 Å². The summed E-state index contributed by atoms with van der Waals surface area (Å²) in [5.41, 5.74) is -0.0752. The molecule has 366 valence electrons. The number of hydrogen-bond acceptors (Lipinski definition) is 15.